The second kappa shape index (κ2) is 4.61. The number of hydrogen-bond acceptors (Lipinski definition) is 5. The van der Waals surface area contributed by atoms with Crippen molar-refractivity contribution in [2.45, 2.75) is 26.8 Å². The summed E-state index contributed by atoms with van der Waals surface area (Å²) in [6, 6.07) is 0. The van der Waals surface area contributed by atoms with Crippen LogP contribution in [0, 0.1) is 5.92 Å². The Morgan fingerprint density at radius 1 is 1.50 bits per heavy atom. The van der Waals surface area contributed by atoms with Crippen molar-refractivity contribution in [1.82, 2.24) is 19.7 Å². The quantitative estimate of drug-likeness (QED) is 0.876. The van der Waals surface area contributed by atoms with E-state index in [4.69, 9.17) is 5.73 Å². The highest BCUT2D eigenvalue weighted by molar-refractivity contribution is 7.13. The van der Waals surface area contributed by atoms with Gasteiger partial charge >= 0.3 is 0 Å². The average molecular weight is 237 g/mol. The molecule has 16 heavy (non-hydrogen) atoms. The van der Waals surface area contributed by atoms with Crippen LogP contribution in [-0.2, 0) is 13.0 Å². The Hall–Kier alpha value is -1.43. The van der Waals surface area contributed by atoms with Gasteiger partial charge in [0.25, 0.3) is 0 Å². The van der Waals surface area contributed by atoms with Crippen LogP contribution in [0.5, 0.6) is 0 Å². The summed E-state index contributed by atoms with van der Waals surface area (Å²) in [5.41, 5.74) is 6.55. The molecular formula is C10H15N5S. The van der Waals surface area contributed by atoms with Gasteiger partial charge in [0, 0.05) is 11.9 Å². The van der Waals surface area contributed by atoms with Crippen molar-refractivity contribution in [1.29, 1.82) is 0 Å². The first kappa shape index (κ1) is 11.1. The third kappa shape index (κ3) is 2.57. The summed E-state index contributed by atoms with van der Waals surface area (Å²) in [5, 5.41) is 10.6. The average Bonchev–Trinajstić information content (AvgIpc) is 2.77. The van der Waals surface area contributed by atoms with Gasteiger partial charge in [-0.05, 0) is 5.92 Å². The molecule has 86 valence electrons. The van der Waals surface area contributed by atoms with E-state index in [1.807, 2.05) is 5.38 Å². The molecule has 0 spiro atoms. The van der Waals surface area contributed by atoms with Crippen LogP contribution >= 0.6 is 11.3 Å². The van der Waals surface area contributed by atoms with E-state index < -0.39 is 0 Å². The number of nitrogen functional groups attached to an aromatic ring is 1. The van der Waals surface area contributed by atoms with Crippen molar-refractivity contribution in [3.05, 3.63) is 23.2 Å². The summed E-state index contributed by atoms with van der Waals surface area (Å²) < 4.78 is 2.07. The first-order valence-electron chi connectivity index (χ1n) is 5.21. The van der Waals surface area contributed by atoms with E-state index in [9.17, 15) is 0 Å². The monoisotopic (exact) mass is 237 g/mol. The topological polar surface area (TPSA) is 69.6 Å². The van der Waals surface area contributed by atoms with Gasteiger partial charge in [0.1, 0.15) is 12.2 Å². The Morgan fingerprint density at radius 3 is 2.94 bits per heavy atom. The highest BCUT2D eigenvalue weighted by Gasteiger charge is 2.08. The smallest absolute Gasteiger partial charge is 0.180 e. The summed E-state index contributed by atoms with van der Waals surface area (Å²) in [5.74, 6) is 1.52. The largest absolute Gasteiger partial charge is 0.375 e. The van der Waals surface area contributed by atoms with Crippen molar-refractivity contribution < 1.29 is 0 Å². The molecule has 2 N–H and O–H groups in total. The Balaban J connectivity index is 2.12. The van der Waals surface area contributed by atoms with E-state index in [0.717, 1.165) is 18.1 Å². The molecule has 5 nitrogen and oxygen atoms in total. The zero-order valence-electron chi connectivity index (χ0n) is 9.42. The van der Waals surface area contributed by atoms with Crippen LogP contribution in [0.1, 0.15) is 25.4 Å². The van der Waals surface area contributed by atoms with E-state index in [2.05, 4.69) is 33.6 Å². The highest BCUT2D eigenvalue weighted by atomic mass is 32.1. The Bertz CT molecular complexity index is 459. The number of nitrogens with zero attached hydrogens (tertiary/aromatic N) is 4. The normalized spacial score (nSPS) is 11.2. The Labute approximate surface area is 98.3 Å². The number of hydrogen-bond donors (Lipinski definition) is 1. The summed E-state index contributed by atoms with van der Waals surface area (Å²) in [4.78, 5) is 4.22. The number of anilines is 1. The van der Waals surface area contributed by atoms with Crippen LogP contribution < -0.4 is 5.73 Å². The molecule has 2 aromatic heterocycles. The van der Waals surface area contributed by atoms with Gasteiger partial charge in [0.05, 0.1) is 12.1 Å². The molecule has 0 atom stereocenters. The van der Waals surface area contributed by atoms with Crippen LogP contribution in [-0.4, -0.2) is 19.7 Å². The standard InChI is InChI=1S/C10H15N5S/c1-7(2)4-15-6-12-14-9(15)3-8-5-16-10(11)13-8/h5-7H,3-4H2,1-2H3,(H2,11,13). The van der Waals surface area contributed by atoms with E-state index in [1.165, 1.54) is 11.3 Å². The van der Waals surface area contributed by atoms with Crippen molar-refractivity contribution >= 4 is 16.5 Å². The van der Waals surface area contributed by atoms with Gasteiger partial charge in [-0.2, -0.15) is 0 Å². The maximum absolute atomic E-state index is 5.59. The molecule has 0 radical (unpaired) electrons. The van der Waals surface area contributed by atoms with Gasteiger partial charge in [-0.25, -0.2) is 4.98 Å². The fourth-order valence-corrected chi connectivity index (χ4v) is 2.09. The minimum Gasteiger partial charge on any atom is -0.375 e. The lowest BCUT2D eigenvalue weighted by Gasteiger charge is -2.07. The number of rotatable bonds is 4. The second-order valence-electron chi connectivity index (χ2n) is 4.15. The Kier molecular flexibility index (Phi) is 3.19. The van der Waals surface area contributed by atoms with Crippen LogP contribution in [0.2, 0.25) is 0 Å². The maximum Gasteiger partial charge on any atom is 0.180 e. The Morgan fingerprint density at radius 2 is 2.31 bits per heavy atom. The van der Waals surface area contributed by atoms with Crippen molar-refractivity contribution in [3.63, 3.8) is 0 Å². The zero-order chi connectivity index (χ0) is 11.5. The summed E-state index contributed by atoms with van der Waals surface area (Å²) in [6.45, 7) is 5.27. The third-order valence-electron chi connectivity index (χ3n) is 2.17. The summed E-state index contributed by atoms with van der Waals surface area (Å²) in [7, 11) is 0. The molecule has 0 fully saturated rings. The van der Waals surface area contributed by atoms with Crippen molar-refractivity contribution in [3.8, 4) is 0 Å². The van der Waals surface area contributed by atoms with Crippen LogP contribution in [0.4, 0.5) is 5.13 Å². The molecule has 0 aliphatic carbocycles. The van der Waals surface area contributed by atoms with E-state index >= 15 is 0 Å². The molecule has 6 heteroatoms. The molecule has 0 unspecified atom stereocenters. The van der Waals surface area contributed by atoms with Crippen LogP contribution in [0.3, 0.4) is 0 Å². The molecule has 2 heterocycles. The fourth-order valence-electron chi connectivity index (χ4n) is 1.53. The SMILES string of the molecule is CC(C)Cn1cnnc1Cc1csc(N)n1. The minimum absolute atomic E-state index is 0.579. The molecule has 0 aliphatic heterocycles. The predicted octanol–water partition coefficient (Wildman–Crippen LogP) is 1.56. The molecule has 2 rings (SSSR count). The highest BCUT2D eigenvalue weighted by Crippen LogP contribution is 2.14. The van der Waals surface area contributed by atoms with Gasteiger partial charge < -0.3 is 10.3 Å². The van der Waals surface area contributed by atoms with Crippen LogP contribution in [0.15, 0.2) is 11.7 Å². The molecule has 0 saturated heterocycles. The molecule has 0 amide bonds. The lowest BCUT2D eigenvalue weighted by atomic mass is 10.2. The van der Waals surface area contributed by atoms with Gasteiger partial charge in [0.2, 0.25) is 0 Å². The van der Waals surface area contributed by atoms with Crippen molar-refractivity contribution in [2.24, 2.45) is 5.92 Å². The van der Waals surface area contributed by atoms with Gasteiger partial charge in [0.15, 0.2) is 5.13 Å². The lowest BCUT2D eigenvalue weighted by molar-refractivity contribution is 0.509. The van der Waals surface area contributed by atoms with Gasteiger partial charge in [-0.15, -0.1) is 21.5 Å². The number of aromatic nitrogens is 4. The van der Waals surface area contributed by atoms with Crippen molar-refractivity contribution in [2.75, 3.05) is 5.73 Å². The number of thiazole rings is 1. The number of nitrogens with two attached hydrogens (primary N) is 1. The van der Waals surface area contributed by atoms with Gasteiger partial charge in [-0.3, -0.25) is 0 Å². The molecule has 0 aromatic carbocycles. The molecule has 0 saturated carbocycles. The van der Waals surface area contributed by atoms with Crippen LogP contribution in [0.25, 0.3) is 0 Å². The summed E-state index contributed by atoms with van der Waals surface area (Å²) in [6.07, 6.45) is 2.46. The minimum atomic E-state index is 0.579. The maximum atomic E-state index is 5.59. The van der Waals surface area contributed by atoms with E-state index in [-0.39, 0.29) is 0 Å². The molecular weight excluding hydrogens is 222 g/mol. The van der Waals surface area contributed by atoms with E-state index in [1.54, 1.807) is 6.33 Å². The molecule has 0 aliphatic rings. The van der Waals surface area contributed by atoms with Gasteiger partial charge in [-0.1, -0.05) is 13.8 Å². The summed E-state index contributed by atoms with van der Waals surface area (Å²) >= 11 is 1.46. The molecule has 2 aromatic rings. The predicted molar refractivity (Wildman–Crippen MR) is 64.2 cm³/mol. The lowest BCUT2D eigenvalue weighted by Crippen LogP contribution is -2.08. The first-order chi connectivity index (χ1) is 7.65. The van der Waals surface area contributed by atoms with E-state index in [0.29, 0.717) is 17.5 Å². The second-order valence-corrected chi connectivity index (χ2v) is 5.04. The zero-order valence-corrected chi connectivity index (χ0v) is 10.2. The first-order valence-corrected chi connectivity index (χ1v) is 6.09. The third-order valence-corrected chi connectivity index (χ3v) is 2.89. The fraction of sp³-hybridized carbons (Fsp3) is 0.500. The molecule has 0 bridgehead atoms.